The first-order chi connectivity index (χ1) is 9.06. The van der Waals surface area contributed by atoms with Crippen LogP contribution in [-0.2, 0) is 0 Å². The Balaban J connectivity index is 2.35. The number of aromatic nitrogens is 4. The van der Waals surface area contributed by atoms with Gasteiger partial charge in [-0.15, -0.1) is 0 Å². The average Bonchev–Trinajstić information content (AvgIpc) is 2.81. The SMILES string of the molecule is O=c1[nH]c2cc(OC(F)F)c(F)cc2c2ncnn12. The number of H-pyrrole nitrogens is 1. The quantitative estimate of drug-likeness (QED) is 0.762. The Labute approximate surface area is 102 Å². The molecule has 2 heterocycles. The maximum Gasteiger partial charge on any atom is 0.387 e. The topological polar surface area (TPSA) is 72.3 Å². The number of aromatic amines is 1. The summed E-state index contributed by atoms with van der Waals surface area (Å²) in [5.41, 5.74) is -0.363. The number of nitrogens with one attached hydrogen (secondary N) is 1. The van der Waals surface area contributed by atoms with Crippen LogP contribution >= 0.6 is 0 Å². The highest BCUT2D eigenvalue weighted by atomic mass is 19.3. The van der Waals surface area contributed by atoms with Gasteiger partial charge >= 0.3 is 12.3 Å². The van der Waals surface area contributed by atoms with Crippen LogP contribution in [0.1, 0.15) is 0 Å². The molecule has 0 amide bonds. The zero-order valence-electron chi connectivity index (χ0n) is 9.10. The number of benzene rings is 1. The van der Waals surface area contributed by atoms with Crippen molar-refractivity contribution in [1.29, 1.82) is 0 Å². The van der Waals surface area contributed by atoms with Gasteiger partial charge in [-0.3, -0.25) is 0 Å². The van der Waals surface area contributed by atoms with Crippen LogP contribution in [0.5, 0.6) is 5.75 Å². The van der Waals surface area contributed by atoms with E-state index in [9.17, 15) is 18.0 Å². The molecule has 1 N–H and O–H groups in total. The Morgan fingerprint density at radius 3 is 2.89 bits per heavy atom. The Morgan fingerprint density at radius 2 is 2.16 bits per heavy atom. The van der Waals surface area contributed by atoms with Crippen LogP contribution in [0.25, 0.3) is 16.6 Å². The van der Waals surface area contributed by atoms with Gasteiger partial charge < -0.3 is 9.72 Å². The molecular weight excluding hydrogens is 265 g/mol. The van der Waals surface area contributed by atoms with Crippen molar-refractivity contribution < 1.29 is 17.9 Å². The van der Waals surface area contributed by atoms with Crippen molar-refractivity contribution in [3.05, 3.63) is 34.8 Å². The molecule has 0 saturated heterocycles. The molecular formula is C10H5F3N4O2. The monoisotopic (exact) mass is 270 g/mol. The fourth-order valence-electron chi connectivity index (χ4n) is 1.77. The smallest absolute Gasteiger partial charge is 0.387 e. The summed E-state index contributed by atoms with van der Waals surface area (Å²) < 4.78 is 42.8. The van der Waals surface area contributed by atoms with Crippen LogP contribution in [0.4, 0.5) is 13.2 Å². The normalized spacial score (nSPS) is 11.6. The molecule has 0 aliphatic rings. The molecule has 2 aromatic heterocycles. The van der Waals surface area contributed by atoms with Crippen LogP contribution in [-0.4, -0.2) is 26.2 Å². The third kappa shape index (κ3) is 1.79. The van der Waals surface area contributed by atoms with Crippen molar-refractivity contribution in [2.45, 2.75) is 6.61 Å². The molecule has 0 bridgehead atoms. The summed E-state index contributed by atoms with van der Waals surface area (Å²) in [6.45, 7) is -3.16. The second kappa shape index (κ2) is 3.97. The zero-order valence-corrected chi connectivity index (χ0v) is 9.10. The maximum absolute atomic E-state index is 13.6. The van der Waals surface area contributed by atoms with Crippen LogP contribution in [0.2, 0.25) is 0 Å². The summed E-state index contributed by atoms with van der Waals surface area (Å²) in [5.74, 6) is -1.63. The lowest BCUT2D eigenvalue weighted by atomic mass is 10.2. The third-order valence-electron chi connectivity index (χ3n) is 2.51. The molecule has 0 atom stereocenters. The summed E-state index contributed by atoms with van der Waals surface area (Å²) in [6, 6.07) is 1.93. The van der Waals surface area contributed by atoms with Crippen LogP contribution in [0, 0.1) is 5.82 Å². The Hall–Kier alpha value is -2.58. The first-order valence-corrected chi connectivity index (χ1v) is 5.06. The fourth-order valence-corrected chi connectivity index (χ4v) is 1.77. The molecule has 0 unspecified atom stereocenters. The van der Waals surface area contributed by atoms with Gasteiger partial charge in [0.1, 0.15) is 6.33 Å². The predicted molar refractivity (Wildman–Crippen MR) is 57.7 cm³/mol. The van der Waals surface area contributed by atoms with Gasteiger partial charge in [-0.05, 0) is 6.07 Å². The number of ether oxygens (including phenoxy) is 1. The molecule has 9 heteroatoms. The summed E-state index contributed by atoms with van der Waals surface area (Å²) in [5, 5.41) is 3.89. The van der Waals surface area contributed by atoms with Crippen LogP contribution < -0.4 is 10.4 Å². The molecule has 0 aliphatic heterocycles. The number of halogens is 3. The van der Waals surface area contributed by atoms with E-state index in [0.717, 1.165) is 23.0 Å². The van der Waals surface area contributed by atoms with Gasteiger partial charge in [-0.2, -0.15) is 18.4 Å². The number of hydrogen-bond donors (Lipinski definition) is 1. The minimum Gasteiger partial charge on any atom is -0.432 e. The highest BCUT2D eigenvalue weighted by Crippen LogP contribution is 2.25. The van der Waals surface area contributed by atoms with Gasteiger partial charge in [-0.25, -0.2) is 14.2 Å². The Kier molecular flexibility index (Phi) is 2.40. The first-order valence-electron chi connectivity index (χ1n) is 5.06. The van der Waals surface area contributed by atoms with Gasteiger partial charge in [0.25, 0.3) is 0 Å². The van der Waals surface area contributed by atoms with E-state index < -0.39 is 23.9 Å². The van der Waals surface area contributed by atoms with Crippen molar-refractivity contribution in [1.82, 2.24) is 19.6 Å². The lowest BCUT2D eigenvalue weighted by Gasteiger charge is -2.07. The molecule has 19 heavy (non-hydrogen) atoms. The van der Waals surface area contributed by atoms with E-state index in [1.54, 1.807) is 0 Å². The van der Waals surface area contributed by atoms with E-state index in [1.807, 2.05) is 0 Å². The molecule has 3 aromatic rings. The number of fused-ring (bicyclic) bond motifs is 3. The number of rotatable bonds is 2. The fraction of sp³-hybridized carbons (Fsp3) is 0.100. The van der Waals surface area contributed by atoms with Gasteiger partial charge in [0.05, 0.1) is 5.52 Å². The van der Waals surface area contributed by atoms with E-state index in [0.29, 0.717) is 0 Å². The molecule has 0 saturated carbocycles. The van der Waals surface area contributed by atoms with Crippen molar-refractivity contribution in [2.75, 3.05) is 0 Å². The number of hydrogen-bond acceptors (Lipinski definition) is 4. The second-order valence-corrected chi connectivity index (χ2v) is 3.63. The van der Waals surface area contributed by atoms with Gasteiger partial charge in [0, 0.05) is 11.5 Å². The van der Waals surface area contributed by atoms with E-state index in [2.05, 4.69) is 19.8 Å². The van der Waals surface area contributed by atoms with Crippen molar-refractivity contribution >= 4 is 16.6 Å². The lowest BCUT2D eigenvalue weighted by Crippen LogP contribution is -2.17. The summed E-state index contributed by atoms with van der Waals surface area (Å²) in [7, 11) is 0. The van der Waals surface area contributed by atoms with Crippen molar-refractivity contribution in [3.63, 3.8) is 0 Å². The average molecular weight is 270 g/mol. The molecule has 0 aliphatic carbocycles. The summed E-state index contributed by atoms with van der Waals surface area (Å²) in [4.78, 5) is 17.8. The van der Waals surface area contributed by atoms with Crippen LogP contribution in [0.15, 0.2) is 23.3 Å². The third-order valence-corrected chi connectivity index (χ3v) is 2.51. The highest BCUT2D eigenvalue weighted by Gasteiger charge is 2.14. The van der Waals surface area contributed by atoms with Gasteiger partial charge in [-0.1, -0.05) is 0 Å². The number of alkyl halides is 2. The van der Waals surface area contributed by atoms with Crippen LogP contribution in [0.3, 0.4) is 0 Å². The standard InChI is InChI=1S/C10H5F3N4O2/c11-5-1-4-6(2-7(5)19-9(12)13)16-10(18)17-8(4)14-3-15-17/h1-3,9H,(H,16,18). The predicted octanol–water partition coefficient (Wildman–Crippen LogP) is 1.31. The van der Waals surface area contributed by atoms with Crippen molar-refractivity contribution in [3.8, 4) is 5.75 Å². The molecule has 0 fully saturated rings. The van der Waals surface area contributed by atoms with E-state index in [1.165, 1.54) is 0 Å². The zero-order chi connectivity index (χ0) is 13.6. The Morgan fingerprint density at radius 1 is 1.37 bits per heavy atom. The van der Waals surface area contributed by atoms with E-state index in [4.69, 9.17) is 0 Å². The number of nitrogens with zero attached hydrogens (tertiary/aromatic N) is 3. The van der Waals surface area contributed by atoms with Crippen molar-refractivity contribution in [2.24, 2.45) is 0 Å². The summed E-state index contributed by atoms with van der Waals surface area (Å²) in [6.07, 6.45) is 1.13. The van der Waals surface area contributed by atoms with E-state index >= 15 is 0 Å². The Bertz CT molecular complexity index is 827. The highest BCUT2D eigenvalue weighted by molar-refractivity contribution is 5.91. The van der Waals surface area contributed by atoms with E-state index in [-0.39, 0.29) is 16.6 Å². The maximum atomic E-state index is 13.6. The minimum absolute atomic E-state index is 0.126. The minimum atomic E-state index is -3.16. The van der Waals surface area contributed by atoms with Gasteiger partial charge in [0.15, 0.2) is 17.2 Å². The molecule has 3 rings (SSSR count). The molecule has 98 valence electrons. The molecule has 6 nitrogen and oxygen atoms in total. The second-order valence-electron chi connectivity index (χ2n) is 3.63. The lowest BCUT2D eigenvalue weighted by molar-refractivity contribution is -0.0520. The summed E-state index contributed by atoms with van der Waals surface area (Å²) >= 11 is 0. The molecule has 0 radical (unpaired) electrons. The molecule has 0 spiro atoms. The van der Waals surface area contributed by atoms with Gasteiger partial charge in [0.2, 0.25) is 0 Å². The largest absolute Gasteiger partial charge is 0.432 e. The molecule has 1 aromatic carbocycles. The first kappa shape index (κ1) is 11.5.